The molecule has 16 heavy (non-hydrogen) atoms. The van der Waals surface area contributed by atoms with Crippen LogP contribution >= 0.6 is 12.2 Å². The molecule has 1 unspecified atom stereocenters. The van der Waals surface area contributed by atoms with E-state index in [1.807, 2.05) is 6.92 Å². The molecule has 0 heterocycles. The highest BCUT2D eigenvalue weighted by Crippen LogP contribution is 2.18. The van der Waals surface area contributed by atoms with E-state index in [4.69, 9.17) is 22.7 Å². The van der Waals surface area contributed by atoms with Crippen LogP contribution in [0.5, 0.6) is 5.75 Å². The van der Waals surface area contributed by atoms with Gasteiger partial charge in [-0.15, -0.1) is 0 Å². The minimum Gasteiger partial charge on any atom is -0.491 e. The highest BCUT2D eigenvalue weighted by molar-refractivity contribution is 7.80. The van der Waals surface area contributed by atoms with E-state index in [2.05, 4.69) is 6.92 Å². The monoisotopic (exact) mass is 241 g/mol. The molecule has 0 spiro atoms. The number of benzene rings is 1. The van der Waals surface area contributed by atoms with Gasteiger partial charge in [0.25, 0.3) is 0 Å². The quantitative estimate of drug-likeness (QED) is 0.805. The van der Waals surface area contributed by atoms with Gasteiger partial charge in [-0.2, -0.15) is 0 Å². The summed E-state index contributed by atoms with van der Waals surface area (Å²) in [6.45, 7) is 4.04. The molecular formula is C12H16FNOS. The fraction of sp³-hybridized carbons (Fsp3) is 0.417. The zero-order valence-corrected chi connectivity index (χ0v) is 10.3. The molecule has 4 heteroatoms. The summed E-state index contributed by atoms with van der Waals surface area (Å²) in [4.78, 5) is 0.0608. The van der Waals surface area contributed by atoms with Crippen LogP contribution in [0.25, 0.3) is 0 Å². The average molecular weight is 241 g/mol. The Labute approximate surface area is 101 Å². The van der Waals surface area contributed by atoms with Gasteiger partial charge < -0.3 is 10.5 Å². The lowest BCUT2D eigenvalue weighted by molar-refractivity contribution is 0.209. The third kappa shape index (κ3) is 3.45. The Morgan fingerprint density at radius 2 is 2.25 bits per heavy atom. The summed E-state index contributed by atoms with van der Waals surface area (Å²) in [5.74, 6) is 0.0761. The van der Waals surface area contributed by atoms with Gasteiger partial charge in [-0.1, -0.05) is 25.6 Å². The van der Waals surface area contributed by atoms with Gasteiger partial charge in [0.05, 0.1) is 6.10 Å². The molecule has 1 rings (SSSR count). The molecule has 1 aromatic rings. The zero-order valence-electron chi connectivity index (χ0n) is 9.50. The Balaban J connectivity index is 2.77. The van der Waals surface area contributed by atoms with Crippen LogP contribution in [0.15, 0.2) is 18.2 Å². The smallest absolute Gasteiger partial charge is 0.137 e. The molecule has 1 atom stereocenters. The number of ether oxygens (including phenoxy) is 1. The van der Waals surface area contributed by atoms with Crippen molar-refractivity contribution in [1.29, 1.82) is 0 Å². The lowest BCUT2D eigenvalue weighted by Crippen LogP contribution is -2.13. The lowest BCUT2D eigenvalue weighted by atomic mass is 10.2. The molecule has 0 bridgehead atoms. The highest BCUT2D eigenvalue weighted by Gasteiger charge is 2.08. The van der Waals surface area contributed by atoms with E-state index in [-0.39, 0.29) is 16.7 Å². The third-order valence-electron chi connectivity index (χ3n) is 2.24. The van der Waals surface area contributed by atoms with Gasteiger partial charge in [-0.05, 0) is 25.5 Å². The topological polar surface area (TPSA) is 35.2 Å². The first-order valence-corrected chi connectivity index (χ1v) is 5.71. The molecule has 0 aliphatic rings. The summed E-state index contributed by atoms with van der Waals surface area (Å²) < 4.78 is 19.0. The molecule has 0 saturated heterocycles. The lowest BCUT2D eigenvalue weighted by Gasteiger charge is -2.14. The predicted octanol–water partition coefficient (Wildman–Crippen LogP) is 3.03. The van der Waals surface area contributed by atoms with Gasteiger partial charge in [0.2, 0.25) is 0 Å². The summed E-state index contributed by atoms with van der Waals surface area (Å²) in [5.41, 5.74) is 5.62. The summed E-state index contributed by atoms with van der Waals surface area (Å²) >= 11 is 4.72. The Morgan fingerprint density at radius 1 is 1.56 bits per heavy atom. The number of hydrogen-bond acceptors (Lipinski definition) is 2. The molecule has 1 aromatic carbocycles. The normalized spacial score (nSPS) is 12.2. The second-order valence-corrected chi connectivity index (χ2v) is 4.16. The van der Waals surface area contributed by atoms with Crippen LogP contribution in [0.4, 0.5) is 4.39 Å². The van der Waals surface area contributed by atoms with Gasteiger partial charge in [0, 0.05) is 11.6 Å². The predicted molar refractivity (Wildman–Crippen MR) is 67.3 cm³/mol. The van der Waals surface area contributed by atoms with Crippen molar-refractivity contribution >= 4 is 17.2 Å². The fourth-order valence-corrected chi connectivity index (χ4v) is 1.63. The molecule has 0 aromatic heterocycles. The highest BCUT2D eigenvalue weighted by atomic mass is 32.1. The van der Waals surface area contributed by atoms with Gasteiger partial charge in [-0.25, -0.2) is 4.39 Å². The number of halogens is 1. The Kier molecular flexibility index (Phi) is 4.68. The molecule has 0 fully saturated rings. The molecule has 0 radical (unpaired) electrons. The minimum atomic E-state index is -0.436. The van der Waals surface area contributed by atoms with Crippen molar-refractivity contribution in [2.24, 2.45) is 5.73 Å². The first kappa shape index (κ1) is 12.9. The van der Waals surface area contributed by atoms with Gasteiger partial charge in [-0.3, -0.25) is 0 Å². The maximum Gasteiger partial charge on any atom is 0.137 e. The van der Waals surface area contributed by atoms with Crippen molar-refractivity contribution in [2.45, 2.75) is 32.8 Å². The second-order valence-electron chi connectivity index (χ2n) is 3.72. The zero-order chi connectivity index (χ0) is 12.1. The SMILES string of the molecule is CCCC(C)Oc1ccc(C(N)=S)c(F)c1. The van der Waals surface area contributed by atoms with Crippen molar-refractivity contribution in [3.8, 4) is 5.75 Å². The van der Waals surface area contributed by atoms with Crippen LogP contribution < -0.4 is 10.5 Å². The van der Waals surface area contributed by atoms with E-state index in [1.54, 1.807) is 12.1 Å². The van der Waals surface area contributed by atoms with Crippen molar-refractivity contribution in [1.82, 2.24) is 0 Å². The van der Waals surface area contributed by atoms with Crippen LogP contribution in [-0.2, 0) is 0 Å². The maximum absolute atomic E-state index is 13.5. The van der Waals surface area contributed by atoms with Crippen LogP contribution in [0.3, 0.4) is 0 Å². The largest absolute Gasteiger partial charge is 0.491 e. The first-order chi connectivity index (χ1) is 7.54. The van der Waals surface area contributed by atoms with Crippen molar-refractivity contribution in [3.63, 3.8) is 0 Å². The summed E-state index contributed by atoms with van der Waals surface area (Å²) in [6, 6.07) is 4.55. The van der Waals surface area contributed by atoms with Crippen LogP contribution in [0, 0.1) is 5.82 Å². The number of rotatable bonds is 5. The molecule has 2 N–H and O–H groups in total. The molecule has 0 saturated carbocycles. The number of nitrogens with two attached hydrogens (primary N) is 1. The van der Waals surface area contributed by atoms with E-state index in [0.717, 1.165) is 12.8 Å². The van der Waals surface area contributed by atoms with E-state index in [0.29, 0.717) is 5.75 Å². The third-order valence-corrected chi connectivity index (χ3v) is 2.46. The Hall–Kier alpha value is -1.16. The molecule has 0 aliphatic carbocycles. The van der Waals surface area contributed by atoms with E-state index >= 15 is 0 Å². The molecule has 88 valence electrons. The average Bonchev–Trinajstić information content (AvgIpc) is 2.17. The number of hydrogen-bond donors (Lipinski definition) is 1. The standard InChI is InChI=1S/C12H16FNOS/c1-3-4-8(2)15-9-5-6-10(12(14)16)11(13)7-9/h5-8H,3-4H2,1-2H3,(H2,14,16). The van der Waals surface area contributed by atoms with Crippen LogP contribution in [0.2, 0.25) is 0 Å². The van der Waals surface area contributed by atoms with Gasteiger partial charge in [0.15, 0.2) is 0 Å². The summed E-state index contributed by atoms with van der Waals surface area (Å²) in [7, 11) is 0. The molecule has 2 nitrogen and oxygen atoms in total. The fourth-order valence-electron chi connectivity index (χ4n) is 1.47. The van der Waals surface area contributed by atoms with Crippen molar-refractivity contribution < 1.29 is 9.13 Å². The summed E-state index contributed by atoms with van der Waals surface area (Å²) in [6.07, 6.45) is 2.06. The molecule has 0 aliphatic heterocycles. The van der Waals surface area contributed by atoms with Crippen LogP contribution in [-0.4, -0.2) is 11.1 Å². The molecular weight excluding hydrogens is 225 g/mol. The Bertz CT molecular complexity index is 381. The van der Waals surface area contributed by atoms with Crippen LogP contribution in [0.1, 0.15) is 32.3 Å². The van der Waals surface area contributed by atoms with E-state index in [9.17, 15) is 4.39 Å². The van der Waals surface area contributed by atoms with Crippen molar-refractivity contribution in [2.75, 3.05) is 0 Å². The first-order valence-electron chi connectivity index (χ1n) is 5.30. The van der Waals surface area contributed by atoms with E-state index < -0.39 is 5.82 Å². The second kappa shape index (κ2) is 5.80. The van der Waals surface area contributed by atoms with Crippen molar-refractivity contribution in [3.05, 3.63) is 29.6 Å². The summed E-state index contributed by atoms with van der Waals surface area (Å²) in [5, 5.41) is 0. The van der Waals surface area contributed by atoms with Gasteiger partial charge in [0.1, 0.15) is 16.6 Å². The van der Waals surface area contributed by atoms with E-state index in [1.165, 1.54) is 6.07 Å². The van der Waals surface area contributed by atoms with Gasteiger partial charge >= 0.3 is 0 Å². The maximum atomic E-state index is 13.5. The molecule has 0 amide bonds. The minimum absolute atomic E-state index is 0.0608. The number of thiocarbonyl (C=S) groups is 1. The Morgan fingerprint density at radius 3 is 2.75 bits per heavy atom.